The molecular weight excluding hydrogens is 386 g/mol. The summed E-state index contributed by atoms with van der Waals surface area (Å²) in [7, 11) is 0. The van der Waals surface area contributed by atoms with Gasteiger partial charge in [0, 0.05) is 4.47 Å². The summed E-state index contributed by atoms with van der Waals surface area (Å²) in [5, 5.41) is 2.96. The van der Waals surface area contributed by atoms with Crippen LogP contribution in [0.5, 0.6) is 17.2 Å². The maximum absolute atomic E-state index is 12.4. The van der Waals surface area contributed by atoms with Crippen molar-refractivity contribution in [2.45, 2.75) is 26.0 Å². The molecule has 0 saturated heterocycles. The number of hydrogen-bond acceptors (Lipinski definition) is 4. The highest BCUT2D eigenvalue weighted by atomic mass is 79.9. The molecular formula is C19H20BrNO4. The number of amides is 1. The Labute approximate surface area is 155 Å². The zero-order valence-corrected chi connectivity index (χ0v) is 15.7. The Morgan fingerprint density at radius 2 is 1.76 bits per heavy atom. The van der Waals surface area contributed by atoms with Crippen molar-refractivity contribution in [3.05, 3.63) is 52.5 Å². The summed E-state index contributed by atoms with van der Waals surface area (Å²) in [6.45, 7) is 4.75. The fourth-order valence-electron chi connectivity index (χ4n) is 2.51. The maximum Gasteiger partial charge on any atom is 0.261 e. The van der Waals surface area contributed by atoms with Crippen LogP contribution < -0.4 is 19.5 Å². The number of carbonyl (C=O) groups is 1. The summed E-state index contributed by atoms with van der Waals surface area (Å²) in [6.07, 6.45) is -0.596. The molecule has 0 aliphatic carbocycles. The summed E-state index contributed by atoms with van der Waals surface area (Å²) < 4.78 is 17.7. The second-order valence-corrected chi connectivity index (χ2v) is 6.76. The Morgan fingerprint density at radius 1 is 1.08 bits per heavy atom. The zero-order valence-electron chi connectivity index (χ0n) is 14.1. The van der Waals surface area contributed by atoms with E-state index in [2.05, 4.69) is 21.2 Å². The highest BCUT2D eigenvalue weighted by molar-refractivity contribution is 9.10. The molecule has 1 aliphatic heterocycles. The number of fused-ring (bicyclic) bond motifs is 1. The van der Waals surface area contributed by atoms with E-state index in [4.69, 9.17) is 14.2 Å². The average molecular weight is 406 g/mol. The SMILES string of the molecule is C[C@H](NC(=O)[C@@H](C)Oc1ccc(Br)cc1)c1ccc2c(c1)OCCO2. The van der Waals surface area contributed by atoms with Crippen LogP contribution in [0, 0.1) is 0 Å². The number of hydrogen-bond donors (Lipinski definition) is 1. The van der Waals surface area contributed by atoms with Gasteiger partial charge in [0.05, 0.1) is 6.04 Å². The fraction of sp³-hybridized carbons (Fsp3) is 0.316. The molecule has 0 unspecified atom stereocenters. The number of ether oxygens (including phenoxy) is 3. The second kappa shape index (κ2) is 7.78. The highest BCUT2D eigenvalue weighted by Gasteiger charge is 2.19. The molecule has 5 nitrogen and oxygen atoms in total. The predicted octanol–water partition coefficient (Wildman–Crippen LogP) is 3.87. The monoisotopic (exact) mass is 405 g/mol. The van der Waals surface area contributed by atoms with Crippen molar-refractivity contribution < 1.29 is 19.0 Å². The summed E-state index contributed by atoms with van der Waals surface area (Å²) >= 11 is 3.37. The van der Waals surface area contributed by atoms with Crippen LogP contribution in [0.2, 0.25) is 0 Å². The van der Waals surface area contributed by atoms with E-state index in [-0.39, 0.29) is 11.9 Å². The molecule has 1 amide bonds. The Kier molecular flexibility index (Phi) is 5.48. The number of carbonyl (C=O) groups excluding carboxylic acids is 1. The molecule has 2 aromatic rings. The lowest BCUT2D eigenvalue weighted by atomic mass is 10.1. The lowest BCUT2D eigenvalue weighted by Gasteiger charge is -2.22. The average Bonchev–Trinajstić information content (AvgIpc) is 2.63. The van der Waals surface area contributed by atoms with E-state index in [0.29, 0.717) is 24.7 Å². The van der Waals surface area contributed by atoms with Crippen LogP contribution in [0.3, 0.4) is 0 Å². The van der Waals surface area contributed by atoms with Gasteiger partial charge in [-0.25, -0.2) is 0 Å². The Balaban J connectivity index is 1.60. The molecule has 0 spiro atoms. The van der Waals surface area contributed by atoms with Crippen LogP contribution in [-0.4, -0.2) is 25.2 Å². The Morgan fingerprint density at radius 3 is 2.48 bits per heavy atom. The van der Waals surface area contributed by atoms with Gasteiger partial charge in [-0.15, -0.1) is 0 Å². The van der Waals surface area contributed by atoms with Crippen LogP contribution >= 0.6 is 15.9 Å². The van der Waals surface area contributed by atoms with Crippen LogP contribution in [0.15, 0.2) is 46.9 Å². The molecule has 0 fully saturated rings. The van der Waals surface area contributed by atoms with Gasteiger partial charge in [-0.1, -0.05) is 22.0 Å². The van der Waals surface area contributed by atoms with Crippen LogP contribution in [0.1, 0.15) is 25.5 Å². The fourth-order valence-corrected chi connectivity index (χ4v) is 2.78. The predicted molar refractivity (Wildman–Crippen MR) is 98.2 cm³/mol. The van der Waals surface area contributed by atoms with Crippen molar-refractivity contribution in [2.75, 3.05) is 13.2 Å². The first kappa shape index (κ1) is 17.6. The molecule has 25 heavy (non-hydrogen) atoms. The van der Waals surface area contributed by atoms with E-state index in [9.17, 15) is 4.79 Å². The minimum Gasteiger partial charge on any atom is -0.486 e. The lowest BCUT2D eigenvalue weighted by Crippen LogP contribution is -2.37. The van der Waals surface area contributed by atoms with Gasteiger partial charge in [0.1, 0.15) is 19.0 Å². The van der Waals surface area contributed by atoms with Crippen molar-refractivity contribution in [1.29, 1.82) is 0 Å². The minimum atomic E-state index is -0.596. The first-order valence-corrected chi connectivity index (χ1v) is 8.94. The Hall–Kier alpha value is -2.21. The van der Waals surface area contributed by atoms with E-state index in [1.54, 1.807) is 6.92 Å². The molecule has 0 aromatic heterocycles. The van der Waals surface area contributed by atoms with Crippen molar-refractivity contribution in [1.82, 2.24) is 5.32 Å². The molecule has 1 aliphatic rings. The number of halogens is 1. The van der Waals surface area contributed by atoms with Crippen LogP contribution in [0.4, 0.5) is 0 Å². The smallest absolute Gasteiger partial charge is 0.261 e. The van der Waals surface area contributed by atoms with Gasteiger partial charge in [-0.05, 0) is 55.8 Å². The zero-order chi connectivity index (χ0) is 17.8. The van der Waals surface area contributed by atoms with E-state index >= 15 is 0 Å². The molecule has 3 rings (SSSR count). The molecule has 132 valence electrons. The summed E-state index contributed by atoms with van der Waals surface area (Å²) in [5.41, 5.74) is 0.952. The van der Waals surface area contributed by atoms with Crippen molar-refractivity contribution in [3.8, 4) is 17.2 Å². The Bertz CT molecular complexity index is 748. The summed E-state index contributed by atoms with van der Waals surface area (Å²) in [6, 6.07) is 12.9. The first-order valence-electron chi connectivity index (χ1n) is 8.15. The summed E-state index contributed by atoms with van der Waals surface area (Å²) in [4.78, 5) is 12.4. The standard InChI is InChI=1S/C19H20BrNO4/c1-12(14-3-8-17-18(11-14)24-10-9-23-17)21-19(22)13(2)25-16-6-4-15(20)5-7-16/h3-8,11-13H,9-10H2,1-2H3,(H,21,22)/t12-,13+/m0/s1. The van der Waals surface area contributed by atoms with Gasteiger partial charge in [-0.3, -0.25) is 4.79 Å². The van der Waals surface area contributed by atoms with E-state index in [1.807, 2.05) is 49.4 Å². The molecule has 1 N–H and O–H groups in total. The molecule has 2 aromatic carbocycles. The normalized spacial score (nSPS) is 15.2. The van der Waals surface area contributed by atoms with Crippen molar-refractivity contribution in [2.24, 2.45) is 0 Å². The molecule has 0 radical (unpaired) electrons. The second-order valence-electron chi connectivity index (χ2n) is 5.85. The van der Waals surface area contributed by atoms with Gasteiger partial charge < -0.3 is 19.5 Å². The number of nitrogens with one attached hydrogen (secondary N) is 1. The number of rotatable bonds is 5. The topological polar surface area (TPSA) is 56.8 Å². The van der Waals surface area contributed by atoms with Crippen molar-refractivity contribution in [3.63, 3.8) is 0 Å². The van der Waals surface area contributed by atoms with E-state index < -0.39 is 6.10 Å². The lowest BCUT2D eigenvalue weighted by molar-refractivity contribution is -0.127. The maximum atomic E-state index is 12.4. The first-order chi connectivity index (χ1) is 12.0. The third kappa shape index (κ3) is 4.45. The van der Waals surface area contributed by atoms with E-state index in [0.717, 1.165) is 15.8 Å². The van der Waals surface area contributed by atoms with Gasteiger partial charge >= 0.3 is 0 Å². The molecule has 1 heterocycles. The minimum absolute atomic E-state index is 0.167. The highest BCUT2D eigenvalue weighted by Crippen LogP contribution is 2.32. The van der Waals surface area contributed by atoms with Gasteiger partial charge in [-0.2, -0.15) is 0 Å². The van der Waals surface area contributed by atoms with Crippen molar-refractivity contribution >= 4 is 21.8 Å². The van der Waals surface area contributed by atoms with Crippen LogP contribution in [0.25, 0.3) is 0 Å². The number of benzene rings is 2. The molecule has 2 atom stereocenters. The van der Waals surface area contributed by atoms with Gasteiger partial charge in [0.15, 0.2) is 17.6 Å². The quantitative estimate of drug-likeness (QED) is 0.820. The van der Waals surface area contributed by atoms with Gasteiger partial charge in [0.2, 0.25) is 0 Å². The summed E-state index contributed by atoms with van der Waals surface area (Å²) in [5.74, 6) is 1.92. The third-order valence-electron chi connectivity index (χ3n) is 3.92. The van der Waals surface area contributed by atoms with Crippen LogP contribution in [-0.2, 0) is 4.79 Å². The largest absolute Gasteiger partial charge is 0.486 e. The molecule has 0 bridgehead atoms. The van der Waals surface area contributed by atoms with E-state index in [1.165, 1.54) is 0 Å². The van der Waals surface area contributed by atoms with Gasteiger partial charge in [0.25, 0.3) is 5.91 Å². The molecule has 6 heteroatoms. The third-order valence-corrected chi connectivity index (χ3v) is 4.45. The molecule has 0 saturated carbocycles.